The highest BCUT2D eigenvalue weighted by Gasteiger charge is 2.18. The van der Waals surface area contributed by atoms with Crippen LogP contribution < -0.4 is 0 Å². The Kier molecular flexibility index (Phi) is 3.83. The van der Waals surface area contributed by atoms with Gasteiger partial charge in [-0.05, 0) is 56.1 Å². The number of rotatable bonds is 3. The topological polar surface area (TPSA) is 31.9 Å². The van der Waals surface area contributed by atoms with Crippen molar-refractivity contribution in [3.05, 3.63) is 41.8 Å². The second-order valence-corrected chi connectivity index (χ2v) is 5.74. The Morgan fingerprint density at radius 1 is 1.25 bits per heavy atom. The lowest BCUT2D eigenvalue weighted by Crippen LogP contribution is -2.32. The zero-order valence-corrected chi connectivity index (χ0v) is 11.8. The first-order valence-corrected chi connectivity index (χ1v) is 7.23. The van der Waals surface area contributed by atoms with Crippen LogP contribution in [0.1, 0.15) is 25.3 Å². The van der Waals surface area contributed by atoms with Crippen LogP contribution >= 0.6 is 0 Å². The van der Waals surface area contributed by atoms with Gasteiger partial charge < -0.3 is 0 Å². The number of H-pyrrole nitrogens is 1. The van der Waals surface area contributed by atoms with Crippen molar-refractivity contribution in [1.29, 1.82) is 0 Å². The van der Waals surface area contributed by atoms with Crippen LogP contribution in [0.15, 0.2) is 30.5 Å². The number of halogens is 1. The highest BCUT2D eigenvalue weighted by Crippen LogP contribution is 2.24. The summed E-state index contributed by atoms with van der Waals surface area (Å²) in [5.41, 5.74) is 3.18. The molecule has 0 bridgehead atoms. The number of piperidine rings is 1. The average molecular weight is 273 g/mol. The minimum absolute atomic E-state index is 0.208. The van der Waals surface area contributed by atoms with Crippen molar-refractivity contribution < 1.29 is 4.39 Å². The van der Waals surface area contributed by atoms with E-state index >= 15 is 0 Å². The molecule has 0 amide bonds. The molecule has 0 unspecified atom stereocenters. The van der Waals surface area contributed by atoms with Crippen LogP contribution in [0.2, 0.25) is 0 Å². The molecular weight excluding hydrogens is 253 g/mol. The molecule has 0 atom stereocenters. The highest BCUT2D eigenvalue weighted by atomic mass is 19.1. The van der Waals surface area contributed by atoms with E-state index in [4.69, 9.17) is 0 Å². The third kappa shape index (κ3) is 2.90. The number of hydrogen-bond donors (Lipinski definition) is 1. The number of aromatic nitrogens is 2. The van der Waals surface area contributed by atoms with Crippen molar-refractivity contribution in [2.75, 3.05) is 13.1 Å². The van der Waals surface area contributed by atoms with E-state index < -0.39 is 0 Å². The number of nitrogens with one attached hydrogen (secondary N) is 1. The average Bonchev–Trinajstić information content (AvgIpc) is 2.90. The standard InChI is InChI=1S/C16H20FN3/c1-12-6-8-20(9-7-12)11-14-10-18-19-16(14)13-2-4-15(17)5-3-13/h2-5,10,12H,6-9,11H2,1H3,(H,18,19). The molecule has 3 rings (SSSR count). The normalized spacial score (nSPS) is 17.5. The van der Waals surface area contributed by atoms with E-state index in [1.165, 1.54) is 30.5 Å². The minimum Gasteiger partial charge on any atom is -0.299 e. The molecule has 0 aliphatic carbocycles. The van der Waals surface area contributed by atoms with Crippen LogP contribution in [-0.4, -0.2) is 28.2 Å². The smallest absolute Gasteiger partial charge is 0.123 e. The van der Waals surface area contributed by atoms with E-state index in [9.17, 15) is 4.39 Å². The van der Waals surface area contributed by atoms with E-state index in [2.05, 4.69) is 22.0 Å². The number of aromatic amines is 1. The maximum Gasteiger partial charge on any atom is 0.123 e. The fraction of sp³-hybridized carbons (Fsp3) is 0.438. The molecule has 1 N–H and O–H groups in total. The van der Waals surface area contributed by atoms with Gasteiger partial charge in [0.1, 0.15) is 5.82 Å². The van der Waals surface area contributed by atoms with Crippen LogP contribution in [0, 0.1) is 11.7 Å². The van der Waals surface area contributed by atoms with E-state index in [1.54, 1.807) is 12.1 Å². The van der Waals surface area contributed by atoms with Crippen molar-refractivity contribution in [3.63, 3.8) is 0 Å². The number of likely N-dealkylation sites (tertiary alicyclic amines) is 1. The van der Waals surface area contributed by atoms with Crippen LogP contribution in [0.4, 0.5) is 4.39 Å². The van der Waals surface area contributed by atoms with Crippen molar-refractivity contribution in [2.45, 2.75) is 26.3 Å². The van der Waals surface area contributed by atoms with Gasteiger partial charge in [-0.3, -0.25) is 10.00 Å². The highest BCUT2D eigenvalue weighted by molar-refractivity contribution is 5.62. The summed E-state index contributed by atoms with van der Waals surface area (Å²) in [7, 11) is 0. The predicted molar refractivity (Wildman–Crippen MR) is 77.7 cm³/mol. The second kappa shape index (κ2) is 5.75. The van der Waals surface area contributed by atoms with Crippen LogP contribution in [0.3, 0.4) is 0 Å². The maximum absolute atomic E-state index is 13.0. The number of benzene rings is 1. The Bertz CT molecular complexity index is 553. The molecular formula is C16H20FN3. The van der Waals surface area contributed by atoms with Gasteiger partial charge in [0, 0.05) is 17.7 Å². The second-order valence-electron chi connectivity index (χ2n) is 5.74. The van der Waals surface area contributed by atoms with Gasteiger partial charge in [0.25, 0.3) is 0 Å². The Labute approximate surface area is 118 Å². The molecule has 1 aromatic carbocycles. The zero-order valence-electron chi connectivity index (χ0n) is 11.8. The Morgan fingerprint density at radius 2 is 1.95 bits per heavy atom. The van der Waals surface area contributed by atoms with Crippen LogP contribution in [0.25, 0.3) is 11.3 Å². The fourth-order valence-electron chi connectivity index (χ4n) is 2.76. The van der Waals surface area contributed by atoms with Crippen molar-refractivity contribution in [1.82, 2.24) is 15.1 Å². The van der Waals surface area contributed by atoms with Gasteiger partial charge in [-0.15, -0.1) is 0 Å². The predicted octanol–water partition coefficient (Wildman–Crippen LogP) is 3.45. The molecule has 1 fully saturated rings. The fourth-order valence-corrected chi connectivity index (χ4v) is 2.76. The molecule has 20 heavy (non-hydrogen) atoms. The summed E-state index contributed by atoms with van der Waals surface area (Å²) in [5, 5.41) is 7.20. The summed E-state index contributed by atoms with van der Waals surface area (Å²) >= 11 is 0. The first-order chi connectivity index (χ1) is 9.72. The first-order valence-electron chi connectivity index (χ1n) is 7.23. The van der Waals surface area contributed by atoms with E-state index in [1.807, 2.05) is 6.20 Å². The van der Waals surface area contributed by atoms with Gasteiger partial charge in [0.15, 0.2) is 0 Å². The summed E-state index contributed by atoms with van der Waals surface area (Å²) < 4.78 is 13.0. The molecule has 0 radical (unpaired) electrons. The molecule has 0 spiro atoms. The molecule has 1 aliphatic heterocycles. The SMILES string of the molecule is CC1CCN(Cc2cn[nH]c2-c2ccc(F)cc2)CC1. The summed E-state index contributed by atoms with van der Waals surface area (Å²) in [6.45, 7) is 5.53. The van der Waals surface area contributed by atoms with Gasteiger partial charge in [-0.1, -0.05) is 6.92 Å². The first kappa shape index (κ1) is 13.3. The minimum atomic E-state index is -0.208. The van der Waals surface area contributed by atoms with Crippen molar-refractivity contribution in [3.8, 4) is 11.3 Å². The largest absolute Gasteiger partial charge is 0.299 e. The molecule has 2 aromatic rings. The molecule has 2 heterocycles. The Morgan fingerprint density at radius 3 is 2.65 bits per heavy atom. The zero-order chi connectivity index (χ0) is 13.9. The summed E-state index contributed by atoms with van der Waals surface area (Å²) in [6, 6.07) is 6.57. The lowest BCUT2D eigenvalue weighted by molar-refractivity contribution is 0.185. The van der Waals surface area contributed by atoms with Gasteiger partial charge >= 0.3 is 0 Å². The molecule has 4 heteroatoms. The monoisotopic (exact) mass is 273 g/mol. The van der Waals surface area contributed by atoms with Gasteiger partial charge in [-0.2, -0.15) is 5.10 Å². The van der Waals surface area contributed by atoms with Crippen molar-refractivity contribution in [2.24, 2.45) is 5.92 Å². The lowest BCUT2D eigenvalue weighted by atomic mass is 9.98. The molecule has 1 aromatic heterocycles. The third-order valence-corrected chi connectivity index (χ3v) is 4.12. The van der Waals surface area contributed by atoms with Gasteiger partial charge in [0.05, 0.1) is 11.9 Å². The third-order valence-electron chi connectivity index (χ3n) is 4.12. The number of hydrogen-bond acceptors (Lipinski definition) is 2. The Hall–Kier alpha value is -1.68. The number of nitrogens with zero attached hydrogens (tertiary/aromatic N) is 2. The molecule has 106 valence electrons. The summed E-state index contributed by atoms with van der Waals surface area (Å²) in [5.74, 6) is 0.631. The van der Waals surface area contributed by atoms with Crippen molar-refractivity contribution >= 4 is 0 Å². The van der Waals surface area contributed by atoms with E-state index in [0.29, 0.717) is 0 Å². The van der Waals surface area contributed by atoms with E-state index in [0.717, 1.165) is 36.8 Å². The maximum atomic E-state index is 13.0. The van der Waals surface area contributed by atoms with Crippen LogP contribution in [-0.2, 0) is 6.54 Å². The lowest BCUT2D eigenvalue weighted by Gasteiger charge is -2.30. The molecule has 1 saturated heterocycles. The molecule has 0 saturated carbocycles. The van der Waals surface area contributed by atoms with Gasteiger partial charge in [-0.25, -0.2) is 4.39 Å². The molecule has 3 nitrogen and oxygen atoms in total. The van der Waals surface area contributed by atoms with E-state index in [-0.39, 0.29) is 5.82 Å². The van der Waals surface area contributed by atoms with Crippen LogP contribution in [0.5, 0.6) is 0 Å². The summed E-state index contributed by atoms with van der Waals surface area (Å²) in [6.07, 6.45) is 4.42. The quantitative estimate of drug-likeness (QED) is 0.929. The molecule has 1 aliphatic rings. The van der Waals surface area contributed by atoms with Gasteiger partial charge in [0.2, 0.25) is 0 Å². The Balaban J connectivity index is 1.75. The summed E-state index contributed by atoms with van der Waals surface area (Å²) in [4.78, 5) is 2.47.